The van der Waals surface area contributed by atoms with Crippen LogP contribution >= 0.6 is 30.8 Å². The molecule has 0 aliphatic rings. The van der Waals surface area contributed by atoms with Crippen LogP contribution in [-0.2, 0) is 33.4 Å². The Morgan fingerprint density at radius 3 is 1.61 bits per heavy atom. The third kappa shape index (κ3) is 14.2. The average Bonchev–Trinajstić information content (AvgIpc) is 3.36. The zero-order valence-corrected chi connectivity index (χ0v) is 43.6. The molecule has 388 valence electrons. The molecule has 4 heterocycles. The van der Waals surface area contributed by atoms with Gasteiger partial charge in [-0.15, -0.1) is 0 Å². The maximum Gasteiger partial charge on any atom is 0.329 e. The first kappa shape index (κ1) is 55.3. The van der Waals surface area contributed by atoms with Crippen molar-refractivity contribution < 1.29 is 31.9 Å². The second-order valence-corrected chi connectivity index (χ2v) is 20.5. The minimum atomic E-state index is -3.60. The third-order valence-corrected chi connectivity index (χ3v) is 12.4. The number of rotatable bonds is 14. The predicted molar refractivity (Wildman–Crippen MR) is 277 cm³/mol. The van der Waals surface area contributed by atoms with E-state index in [1.165, 1.54) is 126 Å². The van der Waals surface area contributed by atoms with Crippen LogP contribution in [-0.4, -0.2) is 51.3 Å². The molecule has 0 saturated heterocycles. The molecule has 0 amide bonds. The van der Waals surface area contributed by atoms with Crippen LogP contribution in [0.5, 0.6) is 23.0 Å². The monoisotopic (exact) mass is 1090 g/mol. The van der Waals surface area contributed by atoms with Crippen LogP contribution in [0, 0.1) is 48.1 Å². The molecule has 0 spiro atoms. The van der Waals surface area contributed by atoms with E-state index in [-0.39, 0.29) is 79.8 Å². The van der Waals surface area contributed by atoms with Gasteiger partial charge >= 0.3 is 7.60 Å². The molecule has 76 heavy (non-hydrogen) atoms. The molecule has 0 aliphatic carbocycles. The molecule has 1 N–H and O–H groups in total. The van der Waals surface area contributed by atoms with Gasteiger partial charge < -0.3 is 14.0 Å². The molecule has 4 aromatic carbocycles. The van der Waals surface area contributed by atoms with Crippen molar-refractivity contribution in [1.29, 1.82) is 10.5 Å². The van der Waals surface area contributed by atoms with E-state index >= 15 is 0 Å². The minimum absolute atomic E-state index is 0.00750. The van der Waals surface area contributed by atoms with Gasteiger partial charge in [-0.25, -0.2) is 28.5 Å². The summed E-state index contributed by atoms with van der Waals surface area (Å²) in [5.74, 6) is -0.648. The Morgan fingerprint density at radius 2 is 1.13 bits per heavy atom. The molecule has 0 bridgehead atoms. The van der Waals surface area contributed by atoms with Gasteiger partial charge in [-0.2, -0.15) is 20.7 Å². The van der Waals surface area contributed by atoms with Crippen molar-refractivity contribution in [2.45, 2.75) is 60.0 Å². The van der Waals surface area contributed by atoms with Crippen LogP contribution < -0.4 is 31.7 Å². The summed E-state index contributed by atoms with van der Waals surface area (Å²) in [6, 6.07) is 26.4. The number of ether oxygens (including phenoxy) is 2. The van der Waals surface area contributed by atoms with Gasteiger partial charge in [0.15, 0.2) is 6.73 Å². The minimum Gasteiger partial charge on any atom is -0.450 e. The Balaban J connectivity index is 0.000000229. The highest BCUT2D eigenvalue weighted by molar-refractivity contribution is 7.53. The van der Waals surface area contributed by atoms with Gasteiger partial charge in [-0.05, 0) is 119 Å². The standard InChI is InChI=1S/C29H28ClFN5O6P.C23H15ClFN5O3/c1-18-26(41-24-11-19(14-32)10-21(30)12-24)28(38)35(16-33-18)15-23-13-25(20-6-8-22(31)9-7-20)27(37)36(34-23)17-40-43(5,39)42-29(2,3)4;1-13-21(33-19-7-14(10-26)6-16(24)8-19)23(32)30(12-27-13)11-18-9-20(22(31)29-28-18)15-2-4-17(25)5-3-15/h6-13,16H,15,17H2,1-5H3;2-9,12H,11H2,1H3,(H,29,31). The fraction of sp³-hybridized carbons (Fsp3) is 0.192. The summed E-state index contributed by atoms with van der Waals surface area (Å²) < 4.78 is 65.7. The Kier molecular flexibility index (Phi) is 17.0. The number of hydrogen-bond acceptors (Lipinski definition) is 15. The molecule has 8 rings (SSSR count). The quantitative estimate of drug-likeness (QED) is 0.0995. The van der Waals surface area contributed by atoms with E-state index in [1.54, 1.807) is 34.6 Å². The lowest BCUT2D eigenvalue weighted by Gasteiger charge is -2.24. The van der Waals surface area contributed by atoms with E-state index in [9.17, 15) is 37.8 Å². The maximum absolute atomic E-state index is 13.6. The normalized spacial score (nSPS) is 11.9. The van der Waals surface area contributed by atoms with Crippen molar-refractivity contribution in [3.8, 4) is 57.4 Å². The average molecular weight is 1090 g/mol. The number of H-pyrrole nitrogens is 1. The largest absolute Gasteiger partial charge is 0.450 e. The van der Waals surface area contributed by atoms with E-state index in [1.807, 2.05) is 12.1 Å². The Hall–Kier alpha value is -8.43. The smallest absolute Gasteiger partial charge is 0.329 e. The molecule has 0 saturated carbocycles. The highest BCUT2D eigenvalue weighted by atomic mass is 35.5. The van der Waals surface area contributed by atoms with Crippen molar-refractivity contribution in [2.75, 3.05) is 6.66 Å². The number of aryl methyl sites for hydroxylation is 2. The van der Waals surface area contributed by atoms with Gasteiger partial charge in [0.05, 0.1) is 88.5 Å². The highest BCUT2D eigenvalue weighted by Crippen LogP contribution is 2.48. The zero-order chi connectivity index (χ0) is 55.1. The number of nitrogens with zero attached hydrogens (tertiary/aromatic N) is 9. The summed E-state index contributed by atoms with van der Waals surface area (Å²) >= 11 is 12.1. The molecule has 24 heteroatoms. The molecule has 0 aliphatic heterocycles. The molecule has 1 atom stereocenters. The molecular formula is C52H43Cl2F2N10O9P. The second kappa shape index (κ2) is 23.4. The van der Waals surface area contributed by atoms with Gasteiger partial charge in [0.25, 0.3) is 22.2 Å². The molecule has 4 aromatic heterocycles. The van der Waals surface area contributed by atoms with E-state index in [2.05, 4.69) is 25.3 Å². The number of aromatic nitrogens is 8. The van der Waals surface area contributed by atoms with Crippen LogP contribution in [0.25, 0.3) is 22.3 Å². The molecular weight excluding hydrogens is 1050 g/mol. The van der Waals surface area contributed by atoms with Crippen LogP contribution in [0.3, 0.4) is 0 Å². The van der Waals surface area contributed by atoms with Gasteiger partial charge in [0.1, 0.15) is 23.1 Å². The molecule has 0 radical (unpaired) electrons. The summed E-state index contributed by atoms with van der Waals surface area (Å²) in [5.41, 5.74) is 0.224. The number of nitriles is 2. The Bertz CT molecular complexity index is 3890. The topological polar surface area (TPSA) is 252 Å². The number of halogens is 4. The van der Waals surface area contributed by atoms with Crippen molar-refractivity contribution in [1.82, 2.24) is 39.1 Å². The molecule has 19 nitrogen and oxygen atoms in total. The lowest BCUT2D eigenvalue weighted by atomic mass is 10.1. The maximum atomic E-state index is 13.6. The molecule has 1 unspecified atom stereocenters. The first-order valence-electron chi connectivity index (χ1n) is 22.5. The fourth-order valence-corrected chi connectivity index (χ4v) is 8.99. The number of aromatic amines is 1. The first-order chi connectivity index (χ1) is 36.0. The van der Waals surface area contributed by atoms with Gasteiger partial charge in [-0.1, -0.05) is 47.5 Å². The lowest BCUT2D eigenvalue weighted by Crippen LogP contribution is -2.29. The Labute approximate surface area is 441 Å². The number of nitrogens with one attached hydrogen (secondary N) is 1. The summed E-state index contributed by atoms with van der Waals surface area (Å²) in [6.07, 6.45) is 2.64. The van der Waals surface area contributed by atoms with Crippen LogP contribution in [0.1, 0.15) is 54.7 Å². The first-order valence-corrected chi connectivity index (χ1v) is 25.3. The highest BCUT2D eigenvalue weighted by Gasteiger charge is 2.27. The number of benzene rings is 4. The number of hydrogen-bond donors (Lipinski definition) is 1. The van der Waals surface area contributed by atoms with Crippen molar-refractivity contribution >= 4 is 30.8 Å². The van der Waals surface area contributed by atoms with Crippen molar-refractivity contribution in [2.24, 2.45) is 0 Å². The summed E-state index contributed by atoms with van der Waals surface area (Å²) in [7, 11) is -3.60. The van der Waals surface area contributed by atoms with Crippen molar-refractivity contribution in [3.63, 3.8) is 0 Å². The summed E-state index contributed by atoms with van der Waals surface area (Å²) in [5, 5.41) is 29.6. The summed E-state index contributed by atoms with van der Waals surface area (Å²) in [6.45, 7) is 8.94. The fourth-order valence-electron chi connectivity index (χ4n) is 7.18. The molecule has 8 aromatic rings. The second-order valence-electron chi connectivity index (χ2n) is 17.7. The van der Waals surface area contributed by atoms with Gasteiger partial charge in [0, 0.05) is 16.7 Å². The van der Waals surface area contributed by atoms with Crippen LogP contribution in [0.2, 0.25) is 10.0 Å². The van der Waals surface area contributed by atoms with Crippen LogP contribution in [0.15, 0.2) is 129 Å². The van der Waals surface area contributed by atoms with Gasteiger partial charge in [-0.3, -0.25) is 37.4 Å². The van der Waals surface area contributed by atoms with E-state index in [0.29, 0.717) is 22.5 Å². The van der Waals surface area contributed by atoms with E-state index in [4.69, 9.17) is 47.0 Å². The Morgan fingerprint density at radius 1 is 0.671 bits per heavy atom. The zero-order valence-electron chi connectivity index (χ0n) is 41.2. The van der Waals surface area contributed by atoms with E-state index in [0.717, 1.165) is 4.68 Å². The van der Waals surface area contributed by atoms with Crippen LogP contribution in [0.4, 0.5) is 8.78 Å². The van der Waals surface area contributed by atoms with Crippen molar-refractivity contribution in [3.05, 3.63) is 207 Å². The van der Waals surface area contributed by atoms with E-state index < -0.39 is 53.8 Å². The van der Waals surface area contributed by atoms with Gasteiger partial charge in [0.2, 0.25) is 11.5 Å². The summed E-state index contributed by atoms with van der Waals surface area (Å²) in [4.78, 5) is 60.6. The predicted octanol–water partition coefficient (Wildman–Crippen LogP) is 9.70. The molecule has 0 fully saturated rings. The lowest BCUT2D eigenvalue weighted by molar-refractivity contribution is 0.0808. The SMILES string of the molecule is Cc1ncn(Cc2cc(-c3ccc(F)cc3)c(=O)[nH]n2)c(=O)c1Oc1cc(Cl)cc(C#N)c1.Cc1ncn(Cc2cc(-c3ccc(F)cc3)c(=O)n(COP(C)(=O)OC(C)(C)C)n2)c(=O)c1Oc1cc(Cl)cc(C#N)c1. The third-order valence-electron chi connectivity index (χ3n) is 10.5.